The predicted octanol–water partition coefficient (Wildman–Crippen LogP) is 2.55. The number of nitrogens with zero attached hydrogens (tertiary/aromatic N) is 3. The Morgan fingerprint density at radius 1 is 1.38 bits per heavy atom. The summed E-state index contributed by atoms with van der Waals surface area (Å²) in [5.74, 6) is -2.47. The highest BCUT2D eigenvalue weighted by molar-refractivity contribution is 7.16. The van der Waals surface area contributed by atoms with Crippen molar-refractivity contribution in [1.29, 1.82) is 0 Å². The first-order valence-electron chi connectivity index (χ1n) is 7.83. The summed E-state index contributed by atoms with van der Waals surface area (Å²) in [4.78, 5) is 31.3. The largest absolute Gasteiger partial charge is 0.487 e. The topological polar surface area (TPSA) is 64.4 Å². The van der Waals surface area contributed by atoms with Gasteiger partial charge < -0.3 is 9.64 Å². The van der Waals surface area contributed by atoms with Crippen LogP contribution in [-0.4, -0.2) is 28.1 Å². The van der Waals surface area contributed by atoms with Crippen LogP contribution in [0.3, 0.4) is 0 Å². The summed E-state index contributed by atoms with van der Waals surface area (Å²) in [6.07, 6.45) is 0.917. The molecular weight excluding hydrogens is 364 g/mol. The highest BCUT2D eigenvalue weighted by Crippen LogP contribution is 2.35. The smallest absolute Gasteiger partial charge is 0.262 e. The van der Waals surface area contributed by atoms with E-state index in [0.717, 1.165) is 12.1 Å². The summed E-state index contributed by atoms with van der Waals surface area (Å²) in [7, 11) is 0. The number of halogens is 2. The van der Waals surface area contributed by atoms with E-state index in [0.29, 0.717) is 10.2 Å². The molecule has 3 heterocycles. The molecule has 1 amide bonds. The fourth-order valence-corrected chi connectivity index (χ4v) is 3.63. The number of amides is 1. The molecule has 1 atom stereocenters. The van der Waals surface area contributed by atoms with Gasteiger partial charge in [-0.05, 0) is 18.4 Å². The molecule has 134 valence electrons. The lowest BCUT2D eigenvalue weighted by molar-refractivity contribution is -0.119. The summed E-state index contributed by atoms with van der Waals surface area (Å²) in [5, 5.41) is 2.19. The highest BCUT2D eigenvalue weighted by Gasteiger charge is 2.29. The molecule has 6 nitrogen and oxygen atoms in total. The Balaban J connectivity index is 1.69. The van der Waals surface area contributed by atoms with Crippen molar-refractivity contribution in [2.45, 2.75) is 19.6 Å². The number of hydrogen-bond donors (Lipinski definition) is 0. The van der Waals surface area contributed by atoms with Crippen LogP contribution in [0.1, 0.15) is 6.92 Å². The summed E-state index contributed by atoms with van der Waals surface area (Å²) in [5.41, 5.74) is -0.180. The van der Waals surface area contributed by atoms with Crippen LogP contribution in [0.2, 0.25) is 0 Å². The van der Waals surface area contributed by atoms with E-state index in [1.54, 1.807) is 18.4 Å². The number of carbonyl (C=O) groups is 1. The minimum Gasteiger partial charge on any atom is -0.487 e. The van der Waals surface area contributed by atoms with Crippen LogP contribution in [0.25, 0.3) is 10.2 Å². The molecule has 0 saturated carbocycles. The van der Waals surface area contributed by atoms with Gasteiger partial charge in [0.15, 0.2) is 11.6 Å². The predicted molar refractivity (Wildman–Crippen MR) is 92.7 cm³/mol. The average molecular weight is 377 g/mol. The van der Waals surface area contributed by atoms with Crippen molar-refractivity contribution in [3.8, 4) is 5.75 Å². The first-order valence-corrected chi connectivity index (χ1v) is 8.70. The Morgan fingerprint density at radius 3 is 2.96 bits per heavy atom. The van der Waals surface area contributed by atoms with E-state index < -0.39 is 23.6 Å². The van der Waals surface area contributed by atoms with Crippen molar-refractivity contribution >= 4 is 33.1 Å². The van der Waals surface area contributed by atoms with Crippen LogP contribution < -0.4 is 15.2 Å². The maximum absolute atomic E-state index is 13.6. The number of hydrogen-bond acceptors (Lipinski definition) is 5. The van der Waals surface area contributed by atoms with E-state index >= 15 is 0 Å². The van der Waals surface area contributed by atoms with Gasteiger partial charge in [-0.15, -0.1) is 11.3 Å². The number of carbonyl (C=O) groups excluding carboxylic acids is 1. The van der Waals surface area contributed by atoms with E-state index in [1.165, 1.54) is 27.1 Å². The molecule has 3 aromatic rings. The van der Waals surface area contributed by atoms with Crippen LogP contribution in [-0.2, 0) is 11.3 Å². The summed E-state index contributed by atoms with van der Waals surface area (Å²) >= 11 is 1.34. The van der Waals surface area contributed by atoms with Crippen LogP contribution in [0.5, 0.6) is 5.75 Å². The zero-order valence-electron chi connectivity index (χ0n) is 13.6. The molecule has 1 aliphatic rings. The first kappa shape index (κ1) is 16.6. The first-order chi connectivity index (χ1) is 12.4. The Hall–Kier alpha value is -2.81. The third kappa shape index (κ3) is 2.74. The third-order valence-electron chi connectivity index (χ3n) is 4.12. The van der Waals surface area contributed by atoms with Crippen molar-refractivity contribution in [1.82, 2.24) is 9.55 Å². The highest BCUT2D eigenvalue weighted by atomic mass is 32.1. The van der Waals surface area contributed by atoms with Gasteiger partial charge >= 0.3 is 0 Å². The molecule has 0 fully saturated rings. The zero-order chi connectivity index (χ0) is 18.4. The molecule has 2 aromatic heterocycles. The van der Waals surface area contributed by atoms with Crippen LogP contribution in [0, 0.1) is 11.6 Å². The van der Waals surface area contributed by atoms with E-state index in [4.69, 9.17) is 4.74 Å². The molecule has 4 rings (SSSR count). The van der Waals surface area contributed by atoms with Crippen molar-refractivity contribution < 1.29 is 18.3 Å². The van der Waals surface area contributed by atoms with Gasteiger partial charge in [-0.25, -0.2) is 13.8 Å². The van der Waals surface area contributed by atoms with Gasteiger partial charge in [-0.3, -0.25) is 14.2 Å². The fourth-order valence-electron chi connectivity index (χ4n) is 2.91. The average Bonchev–Trinajstić information content (AvgIpc) is 3.07. The molecule has 1 aromatic carbocycles. The van der Waals surface area contributed by atoms with Gasteiger partial charge in [0.2, 0.25) is 5.91 Å². The van der Waals surface area contributed by atoms with Crippen molar-refractivity contribution in [2.75, 3.05) is 11.4 Å². The molecule has 0 saturated heterocycles. The molecule has 9 heteroatoms. The van der Waals surface area contributed by atoms with Crippen LogP contribution >= 0.6 is 11.3 Å². The van der Waals surface area contributed by atoms with Crippen molar-refractivity contribution in [2.24, 2.45) is 0 Å². The molecule has 0 aliphatic carbocycles. The van der Waals surface area contributed by atoms with E-state index in [9.17, 15) is 18.4 Å². The van der Waals surface area contributed by atoms with Crippen molar-refractivity contribution in [3.63, 3.8) is 0 Å². The maximum Gasteiger partial charge on any atom is 0.262 e. The van der Waals surface area contributed by atoms with Gasteiger partial charge in [0.1, 0.15) is 23.2 Å². The second-order valence-electron chi connectivity index (χ2n) is 5.98. The lowest BCUT2D eigenvalue weighted by Gasteiger charge is -2.33. The van der Waals surface area contributed by atoms with Gasteiger partial charge in [-0.2, -0.15) is 0 Å². The normalized spacial score (nSPS) is 16.4. The molecule has 0 N–H and O–H groups in total. The molecule has 0 spiro atoms. The van der Waals surface area contributed by atoms with Gasteiger partial charge in [0.05, 0.1) is 23.9 Å². The van der Waals surface area contributed by atoms with E-state index in [2.05, 4.69) is 4.98 Å². The number of rotatable bonds is 2. The summed E-state index contributed by atoms with van der Waals surface area (Å²) < 4.78 is 33.8. The minimum absolute atomic E-state index is 0.0924. The lowest BCUT2D eigenvalue weighted by atomic mass is 10.2. The lowest BCUT2D eigenvalue weighted by Crippen LogP contribution is -2.44. The Morgan fingerprint density at radius 2 is 2.15 bits per heavy atom. The SMILES string of the molecule is CC1CN(C(=O)Cn2cnc3sccc3c2=O)c2cc(F)c(F)cc2O1. The van der Waals surface area contributed by atoms with Gasteiger partial charge in [-0.1, -0.05) is 0 Å². The Kier molecular flexibility index (Phi) is 3.95. The second kappa shape index (κ2) is 6.17. The second-order valence-corrected chi connectivity index (χ2v) is 6.88. The molecule has 0 bridgehead atoms. The number of aromatic nitrogens is 2. The fraction of sp³-hybridized carbons (Fsp3) is 0.235. The number of fused-ring (bicyclic) bond motifs is 2. The van der Waals surface area contributed by atoms with Gasteiger partial charge in [0, 0.05) is 12.1 Å². The quantitative estimate of drug-likeness (QED) is 0.689. The summed E-state index contributed by atoms with van der Waals surface area (Å²) in [6.45, 7) is 1.62. The minimum atomic E-state index is -1.07. The molecule has 26 heavy (non-hydrogen) atoms. The Labute approximate surface area is 150 Å². The van der Waals surface area contributed by atoms with Crippen molar-refractivity contribution in [3.05, 3.63) is 51.9 Å². The summed E-state index contributed by atoms with van der Waals surface area (Å²) in [6, 6.07) is 3.50. The number of ether oxygens (including phenoxy) is 1. The molecule has 0 radical (unpaired) electrons. The van der Waals surface area contributed by atoms with E-state index in [-0.39, 0.29) is 30.1 Å². The van der Waals surface area contributed by atoms with Crippen LogP contribution in [0.4, 0.5) is 14.5 Å². The third-order valence-corrected chi connectivity index (χ3v) is 4.94. The number of thiophene rings is 1. The van der Waals surface area contributed by atoms with E-state index in [1.807, 2.05) is 0 Å². The number of benzene rings is 1. The standard InChI is InChI=1S/C17H13F2N3O3S/c1-9-6-22(13-4-11(18)12(19)5-14(13)25-9)15(23)7-21-8-20-16-10(17(21)24)2-3-26-16/h2-5,8-9H,6-7H2,1H3. The molecule has 1 unspecified atom stereocenters. The zero-order valence-corrected chi connectivity index (χ0v) is 14.4. The number of anilines is 1. The monoisotopic (exact) mass is 377 g/mol. The molecular formula is C17H13F2N3O3S. The maximum atomic E-state index is 13.6. The van der Waals surface area contributed by atoms with Gasteiger partial charge in [0.25, 0.3) is 5.56 Å². The Bertz CT molecular complexity index is 1080. The van der Waals surface area contributed by atoms with Crippen LogP contribution in [0.15, 0.2) is 34.7 Å². The molecule has 1 aliphatic heterocycles.